The second-order valence-electron chi connectivity index (χ2n) is 8.83. The zero-order chi connectivity index (χ0) is 23.8. The van der Waals surface area contributed by atoms with Crippen LogP contribution in [0.4, 0.5) is 0 Å². The Kier molecular flexibility index (Phi) is 9.41. The SMILES string of the molecule is [CH]CC(C)(C)COC(=O)CCn1c(=O)[nH]c(=O)n(CCC(=O)OCC(C)(C)CO)c1=O. The van der Waals surface area contributed by atoms with Crippen LogP contribution in [0.5, 0.6) is 0 Å². The first-order valence-electron chi connectivity index (χ1n) is 9.88. The summed E-state index contributed by atoms with van der Waals surface area (Å²) >= 11 is 0. The number of H-pyrrole nitrogens is 1. The van der Waals surface area contributed by atoms with Gasteiger partial charge in [-0.3, -0.25) is 14.6 Å². The largest absolute Gasteiger partial charge is 0.465 e. The molecule has 0 fully saturated rings. The molecule has 0 bridgehead atoms. The Labute approximate surface area is 180 Å². The summed E-state index contributed by atoms with van der Waals surface area (Å²) < 4.78 is 11.5. The Balaban J connectivity index is 2.79. The van der Waals surface area contributed by atoms with Gasteiger partial charge < -0.3 is 14.6 Å². The molecule has 2 radical (unpaired) electrons. The minimum absolute atomic E-state index is 0.0316. The van der Waals surface area contributed by atoms with Crippen LogP contribution in [0.15, 0.2) is 14.4 Å². The quantitative estimate of drug-likeness (QED) is 0.420. The summed E-state index contributed by atoms with van der Waals surface area (Å²) in [5.74, 6) is -1.29. The van der Waals surface area contributed by atoms with Gasteiger partial charge in [0.2, 0.25) is 0 Å². The molecule has 0 amide bonds. The van der Waals surface area contributed by atoms with Crippen molar-refractivity contribution in [1.29, 1.82) is 0 Å². The summed E-state index contributed by atoms with van der Waals surface area (Å²) in [5, 5.41) is 9.17. The molecule has 0 spiro atoms. The molecule has 11 heteroatoms. The summed E-state index contributed by atoms with van der Waals surface area (Å²) in [6, 6.07) is 0. The minimum Gasteiger partial charge on any atom is -0.465 e. The Morgan fingerprint density at radius 2 is 1.32 bits per heavy atom. The molecule has 174 valence electrons. The number of ether oxygens (including phenoxy) is 2. The second kappa shape index (κ2) is 11.1. The molecule has 2 N–H and O–H groups in total. The van der Waals surface area contributed by atoms with E-state index >= 15 is 0 Å². The van der Waals surface area contributed by atoms with Crippen molar-refractivity contribution in [3.63, 3.8) is 0 Å². The smallest absolute Gasteiger partial charge is 0.336 e. The molecule has 0 atom stereocenters. The van der Waals surface area contributed by atoms with Crippen molar-refractivity contribution >= 4 is 11.9 Å². The van der Waals surface area contributed by atoms with E-state index in [1.165, 1.54) is 0 Å². The number of hydrogen-bond acceptors (Lipinski definition) is 8. The summed E-state index contributed by atoms with van der Waals surface area (Å²) in [4.78, 5) is 62.2. The lowest BCUT2D eigenvalue weighted by molar-refractivity contribution is -0.148. The summed E-state index contributed by atoms with van der Waals surface area (Å²) in [7, 11) is 0. The summed E-state index contributed by atoms with van der Waals surface area (Å²) in [5.41, 5.74) is -3.91. The van der Waals surface area contributed by atoms with Gasteiger partial charge in [-0.15, -0.1) is 0 Å². The Bertz CT molecular complexity index is 868. The monoisotopic (exact) mass is 441 g/mol. The van der Waals surface area contributed by atoms with Crippen molar-refractivity contribution in [1.82, 2.24) is 14.1 Å². The van der Waals surface area contributed by atoms with Crippen LogP contribution in [-0.2, 0) is 32.2 Å². The molecule has 0 saturated heterocycles. The van der Waals surface area contributed by atoms with Crippen molar-refractivity contribution in [3.05, 3.63) is 38.4 Å². The zero-order valence-corrected chi connectivity index (χ0v) is 18.4. The fourth-order valence-electron chi connectivity index (χ4n) is 2.15. The van der Waals surface area contributed by atoms with Crippen molar-refractivity contribution in [2.45, 2.75) is 60.0 Å². The van der Waals surface area contributed by atoms with E-state index in [1.54, 1.807) is 13.8 Å². The number of aromatic amines is 1. The molecule has 1 heterocycles. The molecule has 31 heavy (non-hydrogen) atoms. The fraction of sp³-hybridized carbons (Fsp3) is 0.700. The third-order valence-electron chi connectivity index (χ3n) is 4.47. The maximum atomic E-state index is 12.5. The molecule has 11 nitrogen and oxygen atoms in total. The molecule has 0 aromatic carbocycles. The Morgan fingerprint density at radius 1 is 0.903 bits per heavy atom. The normalized spacial score (nSPS) is 11.9. The van der Waals surface area contributed by atoms with E-state index in [4.69, 9.17) is 21.5 Å². The van der Waals surface area contributed by atoms with Gasteiger partial charge >= 0.3 is 29.0 Å². The van der Waals surface area contributed by atoms with E-state index in [2.05, 4.69) is 0 Å². The van der Waals surface area contributed by atoms with Crippen LogP contribution in [0, 0.1) is 17.8 Å². The van der Waals surface area contributed by atoms with Gasteiger partial charge in [0, 0.05) is 18.5 Å². The van der Waals surface area contributed by atoms with Gasteiger partial charge in [-0.05, 0) is 18.8 Å². The van der Waals surface area contributed by atoms with Gasteiger partial charge in [0.15, 0.2) is 0 Å². The molecule has 0 saturated carbocycles. The number of nitrogens with zero attached hydrogens (tertiary/aromatic N) is 2. The van der Waals surface area contributed by atoms with Crippen molar-refractivity contribution in [3.8, 4) is 0 Å². The molecule has 1 rings (SSSR count). The van der Waals surface area contributed by atoms with E-state index in [9.17, 15) is 24.0 Å². The first kappa shape index (κ1) is 26.3. The third kappa shape index (κ3) is 8.52. The van der Waals surface area contributed by atoms with Crippen molar-refractivity contribution in [2.24, 2.45) is 10.8 Å². The first-order valence-corrected chi connectivity index (χ1v) is 9.88. The highest BCUT2D eigenvalue weighted by atomic mass is 16.5. The van der Waals surface area contributed by atoms with Crippen molar-refractivity contribution < 1.29 is 24.2 Å². The van der Waals surface area contributed by atoms with Gasteiger partial charge in [0.1, 0.15) is 0 Å². The number of aliphatic hydroxyl groups is 1. The van der Waals surface area contributed by atoms with Crippen LogP contribution in [0.25, 0.3) is 0 Å². The minimum atomic E-state index is -0.970. The standard InChI is InChI=1S/C20H31N3O8/c1-6-19(2,3)12-30-14(25)7-9-22-16(27)21-17(28)23(18(22)29)10-8-15(26)31-13-20(4,5)11-24/h1,24H,6-13H2,2-5H3,(H,21,27,28). The van der Waals surface area contributed by atoms with E-state index < -0.39 is 39.8 Å². The molecule has 1 aromatic heterocycles. The number of nitrogens with one attached hydrogen (secondary N) is 1. The molecule has 0 aliphatic carbocycles. The van der Waals surface area contributed by atoms with Gasteiger partial charge in [-0.1, -0.05) is 27.7 Å². The van der Waals surface area contributed by atoms with Crippen molar-refractivity contribution in [2.75, 3.05) is 19.8 Å². The van der Waals surface area contributed by atoms with E-state index in [-0.39, 0.29) is 45.8 Å². The average molecular weight is 441 g/mol. The number of carbonyl (C=O) groups is 2. The van der Waals surface area contributed by atoms with Gasteiger partial charge in [0.25, 0.3) is 0 Å². The molecule has 0 unspecified atom stereocenters. The number of esters is 2. The van der Waals surface area contributed by atoms with Crippen LogP contribution in [0.3, 0.4) is 0 Å². The summed E-state index contributed by atoms with van der Waals surface area (Å²) in [6.07, 6.45) is -0.247. The van der Waals surface area contributed by atoms with E-state index in [0.717, 1.165) is 0 Å². The van der Waals surface area contributed by atoms with Crippen LogP contribution in [0.1, 0.15) is 47.0 Å². The lowest BCUT2D eigenvalue weighted by atomic mass is 9.92. The number of aromatic nitrogens is 3. The zero-order valence-electron chi connectivity index (χ0n) is 18.4. The lowest BCUT2D eigenvalue weighted by Gasteiger charge is -2.21. The molecule has 1 aromatic rings. The molecular weight excluding hydrogens is 410 g/mol. The Morgan fingerprint density at radius 3 is 1.71 bits per heavy atom. The van der Waals surface area contributed by atoms with Crippen LogP contribution >= 0.6 is 0 Å². The molecule has 0 aliphatic heterocycles. The number of rotatable bonds is 12. The third-order valence-corrected chi connectivity index (χ3v) is 4.47. The maximum Gasteiger partial charge on any atom is 0.336 e. The van der Waals surface area contributed by atoms with E-state index in [0.29, 0.717) is 15.6 Å². The highest BCUT2D eigenvalue weighted by Crippen LogP contribution is 2.19. The van der Waals surface area contributed by atoms with Gasteiger partial charge in [-0.25, -0.2) is 23.5 Å². The predicted molar refractivity (Wildman–Crippen MR) is 110 cm³/mol. The second-order valence-corrected chi connectivity index (χ2v) is 8.83. The topological polar surface area (TPSA) is 150 Å². The first-order chi connectivity index (χ1) is 14.3. The van der Waals surface area contributed by atoms with Gasteiger partial charge in [0.05, 0.1) is 32.7 Å². The van der Waals surface area contributed by atoms with Crippen LogP contribution in [-0.4, -0.2) is 51.0 Å². The number of hydrogen-bond donors (Lipinski definition) is 2. The van der Waals surface area contributed by atoms with Crippen LogP contribution in [0.2, 0.25) is 0 Å². The fourth-order valence-corrected chi connectivity index (χ4v) is 2.15. The number of aliphatic hydroxyl groups excluding tert-OH is 1. The lowest BCUT2D eigenvalue weighted by Crippen LogP contribution is -2.49. The average Bonchev–Trinajstić information content (AvgIpc) is 2.70. The maximum absolute atomic E-state index is 12.5. The van der Waals surface area contributed by atoms with E-state index in [1.807, 2.05) is 18.8 Å². The van der Waals surface area contributed by atoms with Crippen LogP contribution < -0.4 is 17.1 Å². The Hall–Kier alpha value is -2.69. The predicted octanol–water partition coefficient (Wildman–Crippen LogP) is -0.289. The molecule has 0 aliphatic rings. The number of carbonyl (C=O) groups excluding carboxylic acids is 2. The molecular formula is C20H31N3O8. The van der Waals surface area contributed by atoms with Gasteiger partial charge in [-0.2, -0.15) is 0 Å². The summed E-state index contributed by atoms with van der Waals surface area (Å²) in [6.45, 7) is 11.9. The highest BCUT2D eigenvalue weighted by Gasteiger charge is 2.20. The highest BCUT2D eigenvalue weighted by molar-refractivity contribution is 5.69.